The molecule has 0 saturated heterocycles. The predicted octanol–water partition coefficient (Wildman–Crippen LogP) is 4.42. The van der Waals surface area contributed by atoms with Crippen LogP contribution in [0.25, 0.3) is 16.6 Å². The Balaban J connectivity index is 1.76. The van der Waals surface area contributed by atoms with Gasteiger partial charge >= 0.3 is 0 Å². The van der Waals surface area contributed by atoms with Crippen LogP contribution in [0, 0.1) is 27.2 Å². The monoisotopic (exact) mass is 479 g/mol. The summed E-state index contributed by atoms with van der Waals surface area (Å²) in [6.07, 6.45) is 0. The number of para-hydroxylation sites is 1. The van der Waals surface area contributed by atoms with Crippen molar-refractivity contribution in [3.63, 3.8) is 0 Å². The molecule has 0 radical (unpaired) electrons. The molecule has 1 amide bonds. The number of rotatable bonds is 5. The number of carbonyl (C=O) groups is 1. The van der Waals surface area contributed by atoms with E-state index >= 15 is 0 Å². The summed E-state index contributed by atoms with van der Waals surface area (Å²) < 4.78 is 1.35. The lowest BCUT2D eigenvalue weighted by molar-refractivity contribution is -0.394. The molecular weight excluding hydrogens is 466 g/mol. The van der Waals surface area contributed by atoms with E-state index < -0.39 is 27.1 Å². The van der Waals surface area contributed by atoms with Gasteiger partial charge in [-0.2, -0.15) is 0 Å². The van der Waals surface area contributed by atoms with Crippen molar-refractivity contribution >= 4 is 45.5 Å². The topological polar surface area (TPSA) is 150 Å². The van der Waals surface area contributed by atoms with Crippen LogP contribution in [-0.2, 0) is 0 Å². The van der Waals surface area contributed by atoms with Crippen LogP contribution in [0.15, 0.2) is 65.5 Å². The Labute approximate surface area is 195 Å². The third-order valence-corrected chi connectivity index (χ3v) is 5.32. The van der Waals surface area contributed by atoms with E-state index in [-0.39, 0.29) is 21.8 Å². The molecule has 0 bridgehead atoms. The fourth-order valence-electron chi connectivity index (χ4n) is 3.43. The Bertz CT molecular complexity index is 1530. The van der Waals surface area contributed by atoms with Gasteiger partial charge in [0.25, 0.3) is 22.8 Å². The summed E-state index contributed by atoms with van der Waals surface area (Å²) in [6.45, 7) is 1.66. The highest BCUT2D eigenvalue weighted by atomic mass is 35.5. The molecule has 0 fully saturated rings. The lowest BCUT2D eigenvalue weighted by atomic mass is 10.1. The zero-order valence-corrected chi connectivity index (χ0v) is 18.1. The van der Waals surface area contributed by atoms with Gasteiger partial charge in [0.2, 0.25) is 0 Å². The number of anilines is 1. The number of amides is 1. The molecule has 12 heteroatoms. The molecule has 1 N–H and O–H groups in total. The maximum atomic E-state index is 13.1. The number of aromatic nitrogens is 2. The molecule has 11 nitrogen and oxygen atoms in total. The molecule has 0 aliphatic carbocycles. The van der Waals surface area contributed by atoms with Gasteiger partial charge in [-0.25, -0.2) is 4.98 Å². The van der Waals surface area contributed by atoms with Crippen molar-refractivity contribution in [2.75, 3.05) is 5.32 Å². The fraction of sp³-hybridized carbons (Fsp3) is 0.0455. The Hall–Kier alpha value is -4.64. The van der Waals surface area contributed by atoms with E-state index in [1.54, 1.807) is 37.3 Å². The number of nitrogens with zero attached hydrogens (tertiary/aromatic N) is 4. The highest BCUT2D eigenvalue weighted by Crippen LogP contribution is 2.28. The standard InChI is InChI=1S/C22H14ClN5O6/c1-12-24-19-5-3-2-4-17(19)22(30)26(12)14-6-7-18(23)20(11-14)25-21(29)13-8-15(27(31)32)10-16(9-13)28(33)34/h2-11H,1H3,(H,25,29). The Morgan fingerprint density at radius 1 is 1.00 bits per heavy atom. The molecule has 3 aromatic carbocycles. The van der Waals surface area contributed by atoms with Crippen LogP contribution in [0.2, 0.25) is 5.02 Å². The minimum Gasteiger partial charge on any atom is -0.321 e. The number of fused-ring (bicyclic) bond motifs is 1. The van der Waals surface area contributed by atoms with Crippen molar-refractivity contribution in [1.29, 1.82) is 0 Å². The van der Waals surface area contributed by atoms with E-state index in [4.69, 9.17) is 11.6 Å². The molecule has 0 aliphatic heterocycles. The third kappa shape index (κ3) is 4.19. The first-order valence-electron chi connectivity index (χ1n) is 9.69. The van der Waals surface area contributed by atoms with Crippen LogP contribution in [0.5, 0.6) is 0 Å². The molecule has 0 saturated carbocycles. The SMILES string of the molecule is Cc1nc2ccccc2c(=O)n1-c1ccc(Cl)c(NC(=O)c2cc([N+](=O)[O-])cc([N+](=O)[O-])c2)c1. The number of benzene rings is 3. The molecule has 1 aromatic heterocycles. The number of carbonyl (C=O) groups excluding carboxylic acids is 1. The van der Waals surface area contributed by atoms with Crippen LogP contribution >= 0.6 is 11.6 Å². The zero-order chi connectivity index (χ0) is 24.6. The molecule has 34 heavy (non-hydrogen) atoms. The van der Waals surface area contributed by atoms with Gasteiger partial charge in [-0.05, 0) is 37.3 Å². The lowest BCUT2D eigenvalue weighted by Gasteiger charge is -2.14. The first-order chi connectivity index (χ1) is 16.2. The maximum absolute atomic E-state index is 13.1. The average Bonchev–Trinajstić information content (AvgIpc) is 2.80. The van der Waals surface area contributed by atoms with E-state index in [2.05, 4.69) is 10.3 Å². The molecule has 0 aliphatic rings. The number of nitrogens with one attached hydrogen (secondary N) is 1. The van der Waals surface area contributed by atoms with Gasteiger partial charge < -0.3 is 5.32 Å². The number of halogens is 1. The maximum Gasteiger partial charge on any atom is 0.277 e. The van der Waals surface area contributed by atoms with Crippen molar-refractivity contribution in [3.05, 3.63) is 108 Å². The van der Waals surface area contributed by atoms with Crippen molar-refractivity contribution in [2.24, 2.45) is 0 Å². The van der Waals surface area contributed by atoms with Gasteiger partial charge in [0.15, 0.2) is 0 Å². The summed E-state index contributed by atoms with van der Waals surface area (Å²) in [5.74, 6) is -0.454. The van der Waals surface area contributed by atoms with E-state index in [0.717, 1.165) is 18.2 Å². The van der Waals surface area contributed by atoms with E-state index in [0.29, 0.717) is 22.4 Å². The largest absolute Gasteiger partial charge is 0.321 e. The molecular formula is C22H14ClN5O6. The Kier molecular flexibility index (Phi) is 5.78. The van der Waals surface area contributed by atoms with Crippen LogP contribution in [-0.4, -0.2) is 25.3 Å². The minimum absolute atomic E-state index is 0.0952. The number of aryl methyl sites for hydroxylation is 1. The summed E-state index contributed by atoms with van der Waals surface area (Å²) in [7, 11) is 0. The summed E-state index contributed by atoms with van der Waals surface area (Å²) in [5.41, 5.74) is -0.841. The number of non-ortho nitro benzene ring substituents is 2. The Morgan fingerprint density at radius 3 is 2.29 bits per heavy atom. The number of nitro benzene ring substituents is 2. The fourth-order valence-corrected chi connectivity index (χ4v) is 3.59. The van der Waals surface area contributed by atoms with E-state index in [1.165, 1.54) is 16.7 Å². The quantitative estimate of drug-likeness (QED) is 0.328. The second-order valence-corrected chi connectivity index (χ2v) is 7.59. The minimum atomic E-state index is -0.855. The van der Waals surface area contributed by atoms with Gasteiger partial charge in [0.1, 0.15) is 5.82 Å². The van der Waals surface area contributed by atoms with Crippen LogP contribution in [0.3, 0.4) is 0 Å². The Morgan fingerprint density at radius 2 is 1.65 bits per heavy atom. The third-order valence-electron chi connectivity index (χ3n) is 4.99. The van der Waals surface area contributed by atoms with Crippen molar-refractivity contribution < 1.29 is 14.6 Å². The first-order valence-corrected chi connectivity index (χ1v) is 10.1. The first kappa shape index (κ1) is 22.6. The number of hydrogen-bond donors (Lipinski definition) is 1. The highest BCUT2D eigenvalue weighted by Gasteiger charge is 2.21. The second-order valence-electron chi connectivity index (χ2n) is 7.19. The summed E-state index contributed by atoms with van der Waals surface area (Å²) in [4.78, 5) is 50.8. The van der Waals surface area contributed by atoms with Crippen LogP contribution < -0.4 is 10.9 Å². The van der Waals surface area contributed by atoms with Crippen molar-refractivity contribution in [2.45, 2.75) is 6.92 Å². The summed E-state index contributed by atoms with van der Waals surface area (Å²) >= 11 is 6.22. The number of nitro groups is 2. The second kappa shape index (κ2) is 8.71. The molecule has 0 unspecified atom stereocenters. The van der Waals surface area contributed by atoms with Gasteiger partial charge in [0.05, 0.1) is 48.8 Å². The normalized spacial score (nSPS) is 10.8. The molecule has 0 atom stereocenters. The molecule has 1 heterocycles. The molecule has 170 valence electrons. The molecule has 4 aromatic rings. The van der Waals surface area contributed by atoms with Crippen LogP contribution in [0.1, 0.15) is 16.2 Å². The smallest absolute Gasteiger partial charge is 0.277 e. The van der Waals surface area contributed by atoms with Gasteiger partial charge in [-0.15, -0.1) is 0 Å². The number of hydrogen-bond acceptors (Lipinski definition) is 7. The summed E-state index contributed by atoms with van der Waals surface area (Å²) in [6, 6.07) is 13.9. The molecule has 4 rings (SSSR count). The van der Waals surface area contributed by atoms with Gasteiger partial charge in [0, 0.05) is 12.1 Å². The van der Waals surface area contributed by atoms with Gasteiger partial charge in [-0.1, -0.05) is 23.7 Å². The lowest BCUT2D eigenvalue weighted by Crippen LogP contribution is -2.22. The zero-order valence-electron chi connectivity index (χ0n) is 17.4. The predicted molar refractivity (Wildman–Crippen MR) is 125 cm³/mol. The van der Waals surface area contributed by atoms with Crippen molar-refractivity contribution in [3.8, 4) is 5.69 Å². The molecule has 0 spiro atoms. The van der Waals surface area contributed by atoms with Crippen molar-refractivity contribution in [1.82, 2.24) is 9.55 Å². The van der Waals surface area contributed by atoms with E-state index in [1.807, 2.05) is 0 Å². The van der Waals surface area contributed by atoms with E-state index in [9.17, 15) is 29.8 Å². The highest BCUT2D eigenvalue weighted by molar-refractivity contribution is 6.34. The van der Waals surface area contributed by atoms with Crippen LogP contribution in [0.4, 0.5) is 17.1 Å². The summed E-state index contributed by atoms with van der Waals surface area (Å²) in [5, 5.41) is 25.2. The van der Waals surface area contributed by atoms with Gasteiger partial charge in [-0.3, -0.25) is 34.4 Å². The average molecular weight is 480 g/mol.